The van der Waals surface area contributed by atoms with Crippen molar-refractivity contribution in [3.63, 3.8) is 0 Å². The van der Waals surface area contributed by atoms with Crippen molar-refractivity contribution in [1.29, 1.82) is 0 Å². The van der Waals surface area contributed by atoms with Gasteiger partial charge in [0.15, 0.2) is 0 Å². The second-order valence-corrected chi connectivity index (χ2v) is 6.61. The molecule has 2 heterocycles. The Balaban J connectivity index is 2.02. The van der Waals surface area contributed by atoms with Crippen molar-refractivity contribution >= 4 is 11.2 Å². The molecule has 0 aliphatic carbocycles. The molecule has 0 radical (unpaired) electrons. The Morgan fingerprint density at radius 3 is 2.95 bits per heavy atom. The first-order valence-corrected chi connectivity index (χ1v) is 8.20. The van der Waals surface area contributed by atoms with Crippen molar-refractivity contribution in [2.45, 2.75) is 17.4 Å². The van der Waals surface area contributed by atoms with Crippen molar-refractivity contribution in [1.82, 2.24) is 15.1 Å². The average Bonchev–Trinajstić information content (AvgIpc) is 2.64. The van der Waals surface area contributed by atoms with Gasteiger partial charge in [0.2, 0.25) is 4.90 Å². The molecule has 1 aromatic heterocycles. The number of nitrogens with zero attached hydrogens (tertiary/aromatic N) is 2. The van der Waals surface area contributed by atoms with Crippen LogP contribution in [-0.4, -0.2) is 26.6 Å². The first kappa shape index (κ1) is 14.3. The number of benzene rings is 1. The summed E-state index contributed by atoms with van der Waals surface area (Å²) in [6.45, 7) is 0.627. The third-order valence-corrected chi connectivity index (χ3v) is 5.12. The fourth-order valence-electron chi connectivity index (χ4n) is 2.58. The molecule has 1 N–H and O–H groups in total. The summed E-state index contributed by atoms with van der Waals surface area (Å²) in [4.78, 5) is 12.7. The minimum atomic E-state index is -1.27. The van der Waals surface area contributed by atoms with Crippen molar-refractivity contribution in [2.75, 3.05) is 12.3 Å². The van der Waals surface area contributed by atoms with E-state index in [1.54, 1.807) is 13.2 Å². The van der Waals surface area contributed by atoms with E-state index in [0.717, 1.165) is 12.0 Å². The Morgan fingerprint density at radius 1 is 1.43 bits per heavy atom. The molecule has 5 nitrogen and oxygen atoms in total. The molecule has 21 heavy (non-hydrogen) atoms. The van der Waals surface area contributed by atoms with E-state index in [-0.39, 0.29) is 11.6 Å². The van der Waals surface area contributed by atoms with Crippen molar-refractivity contribution in [3.8, 4) is 0 Å². The van der Waals surface area contributed by atoms with Crippen molar-refractivity contribution < 1.29 is 4.55 Å². The zero-order valence-corrected chi connectivity index (χ0v) is 12.6. The molecule has 6 heteroatoms. The summed E-state index contributed by atoms with van der Waals surface area (Å²) >= 11 is -1.27. The molecule has 1 aliphatic heterocycles. The van der Waals surface area contributed by atoms with E-state index in [1.807, 2.05) is 18.2 Å². The first-order valence-electron chi connectivity index (χ1n) is 6.88. The largest absolute Gasteiger partial charge is 0.611 e. The minimum absolute atomic E-state index is 0.0322. The number of nitrogens with one attached hydrogen (secondary N) is 1. The Kier molecular flexibility index (Phi) is 4.10. The summed E-state index contributed by atoms with van der Waals surface area (Å²) in [5.41, 5.74) is 1.68. The maximum Gasteiger partial charge on any atom is 0.322 e. The molecule has 0 fully saturated rings. The predicted molar refractivity (Wildman–Crippen MR) is 81.6 cm³/mol. The topological polar surface area (TPSA) is 70.0 Å². The highest BCUT2D eigenvalue weighted by Crippen LogP contribution is 2.25. The number of fused-ring (bicyclic) bond motifs is 1. The highest BCUT2D eigenvalue weighted by atomic mass is 32.2. The molecule has 3 rings (SSSR count). The van der Waals surface area contributed by atoms with E-state index in [1.165, 1.54) is 10.2 Å². The molecule has 0 amide bonds. The standard InChI is InChI=1S/C15H17N3O2S/c1-18-15(19)14-12(10-17-18)13(16-7-8-21(14)20)9-11-5-3-2-4-6-11/h2-6,10,13,16H,7-9H2,1H3. The van der Waals surface area contributed by atoms with Crippen LogP contribution in [0.1, 0.15) is 17.2 Å². The molecule has 2 unspecified atom stereocenters. The third-order valence-electron chi connectivity index (χ3n) is 3.68. The van der Waals surface area contributed by atoms with Crippen LogP contribution in [0.15, 0.2) is 46.2 Å². The summed E-state index contributed by atoms with van der Waals surface area (Å²) in [6, 6.07) is 10.0. The number of aryl methyl sites for hydroxylation is 1. The zero-order valence-electron chi connectivity index (χ0n) is 11.8. The molecule has 2 atom stereocenters. The Bertz CT molecular complexity index is 687. The van der Waals surface area contributed by atoms with Crippen LogP contribution in [0.25, 0.3) is 0 Å². The van der Waals surface area contributed by atoms with E-state index in [4.69, 9.17) is 0 Å². The minimum Gasteiger partial charge on any atom is -0.611 e. The fraction of sp³-hybridized carbons (Fsp3) is 0.333. The molecule has 0 saturated carbocycles. The lowest BCUT2D eigenvalue weighted by molar-refractivity contribution is 0.537. The van der Waals surface area contributed by atoms with Gasteiger partial charge in [-0.2, -0.15) is 5.10 Å². The Morgan fingerprint density at radius 2 is 2.19 bits per heavy atom. The van der Waals surface area contributed by atoms with E-state index in [9.17, 15) is 9.35 Å². The highest BCUT2D eigenvalue weighted by molar-refractivity contribution is 7.91. The molecule has 0 spiro atoms. The lowest BCUT2D eigenvalue weighted by Crippen LogP contribution is -2.29. The lowest BCUT2D eigenvalue weighted by atomic mass is 10.0. The van der Waals surface area contributed by atoms with Gasteiger partial charge in [0.05, 0.1) is 11.8 Å². The molecule has 0 saturated heterocycles. The zero-order chi connectivity index (χ0) is 14.8. The van der Waals surface area contributed by atoms with Crippen LogP contribution in [-0.2, 0) is 24.6 Å². The highest BCUT2D eigenvalue weighted by Gasteiger charge is 2.30. The van der Waals surface area contributed by atoms with Crippen LogP contribution >= 0.6 is 0 Å². The molecule has 2 aromatic rings. The smallest absolute Gasteiger partial charge is 0.322 e. The maximum absolute atomic E-state index is 12.3. The van der Waals surface area contributed by atoms with E-state index >= 15 is 0 Å². The number of rotatable bonds is 2. The van der Waals surface area contributed by atoms with Gasteiger partial charge in [-0.05, 0) is 23.2 Å². The molecular weight excluding hydrogens is 286 g/mol. The summed E-state index contributed by atoms with van der Waals surface area (Å²) in [7, 11) is 1.59. The number of aromatic nitrogens is 2. The number of hydrogen-bond acceptors (Lipinski definition) is 4. The Hall–Kier alpha value is -1.63. The summed E-state index contributed by atoms with van der Waals surface area (Å²) in [6.07, 6.45) is 2.42. The van der Waals surface area contributed by atoms with Gasteiger partial charge in [0.25, 0.3) is 0 Å². The van der Waals surface area contributed by atoms with Crippen LogP contribution in [0.3, 0.4) is 0 Å². The van der Waals surface area contributed by atoms with Crippen LogP contribution in [0, 0.1) is 0 Å². The van der Waals surface area contributed by atoms with Gasteiger partial charge in [-0.25, -0.2) is 4.68 Å². The molecule has 1 aromatic carbocycles. The summed E-state index contributed by atoms with van der Waals surface area (Å²) < 4.78 is 13.6. The summed E-state index contributed by atoms with van der Waals surface area (Å²) in [5.74, 6) is 0.456. The van der Waals surface area contributed by atoms with Gasteiger partial charge in [0, 0.05) is 19.6 Å². The SMILES string of the molecule is Cn1ncc2c(c1=O)[S+]([O-])CCNC2Cc1ccccc1. The molecular formula is C15H17N3O2S. The first-order chi connectivity index (χ1) is 10.2. The fourth-order valence-corrected chi connectivity index (χ4v) is 3.87. The van der Waals surface area contributed by atoms with Crippen molar-refractivity contribution in [3.05, 3.63) is 58.0 Å². The maximum atomic E-state index is 12.3. The normalized spacial score (nSPS) is 21.6. The second-order valence-electron chi connectivity index (χ2n) is 5.10. The third kappa shape index (κ3) is 2.88. The molecule has 110 valence electrons. The van der Waals surface area contributed by atoms with Gasteiger partial charge in [-0.3, -0.25) is 4.79 Å². The van der Waals surface area contributed by atoms with Crippen molar-refractivity contribution in [2.24, 2.45) is 7.05 Å². The Labute approximate surface area is 126 Å². The van der Waals surface area contributed by atoms with Gasteiger partial charge < -0.3 is 9.87 Å². The summed E-state index contributed by atoms with van der Waals surface area (Å²) in [5, 5.41) is 7.47. The molecule has 0 bridgehead atoms. The lowest BCUT2D eigenvalue weighted by Gasteiger charge is -2.17. The average molecular weight is 303 g/mol. The molecule has 1 aliphatic rings. The van der Waals surface area contributed by atoms with Gasteiger partial charge in [-0.1, -0.05) is 30.3 Å². The van der Waals surface area contributed by atoms with E-state index in [0.29, 0.717) is 17.2 Å². The monoisotopic (exact) mass is 303 g/mol. The van der Waals surface area contributed by atoms with Crippen LogP contribution in [0.5, 0.6) is 0 Å². The van der Waals surface area contributed by atoms with Crippen LogP contribution < -0.4 is 10.9 Å². The number of hydrogen-bond donors (Lipinski definition) is 1. The van der Waals surface area contributed by atoms with Gasteiger partial charge in [-0.15, -0.1) is 0 Å². The van der Waals surface area contributed by atoms with E-state index in [2.05, 4.69) is 22.5 Å². The van der Waals surface area contributed by atoms with E-state index < -0.39 is 11.2 Å². The van der Waals surface area contributed by atoms with Crippen LogP contribution in [0.2, 0.25) is 0 Å². The predicted octanol–water partition coefficient (Wildman–Crippen LogP) is 0.775. The van der Waals surface area contributed by atoms with Crippen LogP contribution in [0.4, 0.5) is 0 Å². The van der Waals surface area contributed by atoms with Gasteiger partial charge >= 0.3 is 5.56 Å². The quantitative estimate of drug-likeness (QED) is 0.832. The second kappa shape index (κ2) is 6.01. The van der Waals surface area contributed by atoms with Gasteiger partial charge in [0.1, 0.15) is 5.75 Å².